The molecule has 0 saturated carbocycles. The van der Waals surface area contributed by atoms with Gasteiger partial charge in [-0.1, -0.05) is 25.1 Å². The van der Waals surface area contributed by atoms with Crippen molar-refractivity contribution >= 4 is 0 Å². The highest BCUT2D eigenvalue weighted by atomic mass is 19.4. The summed E-state index contributed by atoms with van der Waals surface area (Å²) in [6.45, 7) is 1.85. The molecule has 0 bridgehead atoms. The van der Waals surface area contributed by atoms with E-state index in [2.05, 4.69) is 4.74 Å². The van der Waals surface area contributed by atoms with Gasteiger partial charge in [0.25, 0.3) is 0 Å². The van der Waals surface area contributed by atoms with E-state index in [9.17, 15) is 13.2 Å². The van der Waals surface area contributed by atoms with Crippen LogP contribution in [0.1, 0.15) is 24.9 Å². The SMILES string of the molecule is CCC(OC)C(N)c1ccccc1OC(F)(F)F. The Balaban J connectivity index is 3.01. The molecule has 2 atom stereocenters. The van der Waals surface area contributed by atoms with Gasteiger partial charge in [0.05, 0.1) is 12.1 Å². The Morgan fingerprint density at radius 1 is 1.28 bits per heavy atom. The quantitative estimate of drug-likeness (QED) is 0.888. The zero-order valence-corrected chi connectivity index (χ0v) is 10.2. The van der Waals surface area contributed by atoms with E-state index >= 15 is 0 Å². The number of para-hydroxylation sites is 1. The lowest BCUT2D eigenvalue weighted by atomic mass is 9.99. The van der Waals surface area contributed by atoms with Crippen molar-refractivity contribution in [3.63, 3.8) is 0 Å². The lowest BCUT2D eigenvalue weighted by molar-refractivity contribution is -0.275. The van der Waals surface area contributed by atoms with Crippen LogP contribution in [-0.2, 0) is 4.74 Å². The molecule has 0 aromatic heterocycles. The smallest absolute Gasteiger partial charge is 0.405 e. The Labute approximate surface area is 104 Å². The number of benzene rings is 1. The van der Waals surface area contributed by atoms with E-state index in [1.54, 1.807) is 6.07 Å². The molecule has 3 nitrogen and oxygen atoms in total. The topological polar surface area (TPSA) is 44.5 Å². The highest BCUT2D eigenvalue weighted by molar-refractivity contribution is 5.36. The van der Waals surface area contributed by atoms with Gasteiger partial charge in [-0.2, -0.15) is 0 Å². The fraction of sp³-hybridized carbons (Fsp3) is 0.500. The summed E-state index contributed by atoms with van der Waals surface area (Å²) in [6.07, 6.45) is -4.49. The van der Waals surface area contributed by atoms with Crippen molar-refractivity contribution in [2.24, 2.45) is 5.73 Å². The summed E-state index contributed by atoms with van der Waals surface area (Å²) in [5, 5.41) is 0. The van der Waals surface area contributed by atoms with Crippen LogP contribution in [0.2, 0.25) is 0 Å². The zero-order chi connectivity index (χ0) is 13.8. The van der Waals surface area contributed by atoms with Gasteiger partial charge in [-0.15, -0.1) is 13.2 Å². The fourth-order valence-electron chi connectivity index (χ4n) is 1.74. The Hall–Kier alpha value is -1.27. The number of rotatable bonds is 5. The molecule has 0 heterocycles. The van der Waals surface area contributed by atoms with Crippen LogP contribution in [0.3, 0.4) is 0 Å². The first-order valence-electron chi connectivity index (χ1n) is 5.52. The number of alkyl halides is 3. The second kappa shape index (κ2) is 6.06. The number of hydrogen-bond acceptors (Lipinski definition) is 3. The predicted molar refractivity (Wildman–Crippen MR) is 61.1 cm³/mol. The molecule has 1 rings (SSSR count). The van der Waals surface area contributed by atoms with E-state index in [1.165, 1.54) is 25.3 Å². The largest absolute Gasteiger partial charge is 0.573 e. The maximum Gasteiger partial charge on any atom is 0.573 e. The van der Waals surface area contributed by atoms with Crippen molar-refractivity contribution < 1.29 is 22.6 Å². The monoisotopic (exact) mass is 263 g/mol. The molecule has 0 fully saturated rings. The molecule has 2 unspecified atom stereocenters. The minimum Gasteiger partial charge on any atom is -0.405 e. The molecular weight excluding hydrogens is 247 g/mol. The molecule has 0 radical (unpaired) electrons. The first-order valence-corrected chi connectivity index (χ1v) is 5.52. The van der Waals surface area contributed by atoms with E-state index in [1.807, 2.05) is 6.92 Å². The molecule has 0 saturated heterocycles. The van der Waals surface area contributed by atoms with Crippen LogP contribution >= 0.6 is 0 Å². The lowest BCUT2D eigenvalue weighted by Crippen LogP contribution is -2.29. The van der Waals surface area contributed by atoms with Crippen LogP contribution in [0.4, 0.5) is 13.2 Å². The first-order chi connectivity index (χ1) is 8.39. The van der Waals surface area contributed by atoms with Crippen LogP contribution in [-0.4, -0.2) is 19.6 Å². The van der Waals surface area contributed by atoms with E-state index in [-0.39, 0.29) is 17.4 Å². The lowest BCUT2D eigenvalue weighted by Gasteiger charge is -2.23. The normalized spacial score (nSPS) is 15.2. The van der Waals surface area contributed by atoms with Crippen molar-refractivity contribution in [2.45, 2.75) is 31.9 Å². The van der Waals surface area contributed by atoms with Crippen LogP contribution in [0, 0.1) is 0 Å². The summed E-state index contributed by atoms with van der Waals surface area (Å²) >= 11 is 0. The molecule has 0 spiro atoms. The maximum absolute atomic E-state index is 12.3. The van der Waals surface area contributed by atoms with Gasteiger partial charge >= 0.3 is 6.36 Å². The molecule has 2 N–H and O–H groups in total. The molecule has 1 aromatic rings. The summed E-state index contributed by atoms with van der Waals surface area (Å²) in [4.78, 5) is 0. The van der Waals surface area contributed by atoms with E-state index in [4.69, 9.17) is 10.5 Å². The van der Waals surface area contributed by atoms with E-state index in [0.717, 1.165) is 0 Å². The molecule has 0 aliphatic rings. The summed E-state index contributed by atoms with van der Waals surface area (Å²) in [5.74, 6) is -0.284. The third-order valence-corrected chi connectivity index (χ3v) is 2.61. The molecule has 6 heteroatoms. The minimum atomic E-state index is -4.73. The van der Waals surface area contributed by atoms with Crippen LogP contribution in [0.15, 0.2) is 24.3 Å². The number of hydrogen-bond donors (Lipinski definition) is 1. The summed E-state index contributed by atoms with van der Waals surface area (Å²) in [5.41, 5.74) is 6.19. The van der Waals surface area contributed by atoms with Crippen LogP contribution in [0.5, 0.6) is 5.75 Å². The molecule has 0 aliphatic carbocycles. The van der Waals surface area contributed by atoms with Crippen LogP contribution in [0.25, 0.3) is 0 Å². The molecule has 18 heavy (non-hydrogen) atoms. The third-order valence-electron chi connectivity index (χ3n) is 2.61. The van der Waals surface area contributed by atoms with Crippen molar-refractivity contribution in [1.29, 1.82) is 0 Å². The third kappa shape index (κ3) is 3.89. The van der Waals surface area contributed by atoms with Crippen molar-refractivity contribution in [1.82, 2.24) is 0 Å². The van der Waals surface area contributed by atoms with Gasteiger partial charge in [-0.3, -0.25) is 0 Å². The van der Waals surface area contributed by atoms with Gasteiger partial charge in [0, 0.05) is 12.7 Å². The molecule has 102 valence electrons. The number of methoxy groups -OCH3 is 1. The Morgan fingerprint density at radius 2 is 1.89 bits per heavy atom. The highest BCUT2D eigenvalue weighted by Crippen LogP contribution is 2.31. The second-order valence-electron chi connectivity index (χ2n) is 3.79. The predicted octanol–water partition coefficient (Wildman–Crippen LogP) is 3.01. The number of nitrogens with two attached hydrogens (primary N) is 1. The van der Waals surface area contributed by atoms with Crippen LogP contribution < -0.4 is 10.5 Å². The Kier molecular flexibility index (Phi) is 4.98. The van der Waals surface area contributed by atoms with Gasteiger partial charge in [0.2, 0.25) is 0 Å². The van der Waals surface area contributed by atoms with Gasteiger partial charge in [0.1, 0.15) is 5.75 Å². The molecule has 0 amide bonds. The van der Waals surface area contributed by atoms with Gasteiger partial charge < -0.3 is 15.2 Å². The maximum atomic E-state index is 12.3. The van der Waals surface area contributed by atoms with Gasteiger partial charge in [-0.05, 0) is 12.5 Å². The minimum absolute atomic E-state index is 0.281. The van der Waals surface area contributed by atoms with Crippen molar-refractivity contribution in [3.05, 3.63) is 29.8 Å². The van der Waals surface area contributed by atoms with E-state index in [0.29, 0.717) is 6.42 Å². The van der Waals surface area contributed by atoms with Crippen molar-refractivity contribution in [2.75, 3.05) is 7.11 Å². The molecule has 0 aliphatic heterocycles. The number of ether oxygens (including phenoxy) is 2. The van der Waals surface area contributed by atoms with Gasteiger partial charge in [-0.25, -0.2) is 0 Å². The Bertz CT molecular complexity index is 378. The highest BCUT2D eigenvalue weighted by Gasteiger charge is 2.33. The second-order valence-corrected chi connectivity index (χ2v) is 3.79. The summed E-state index contributed by atoms with van der Waals surface area (Å²) in [7, 11) is 1.47. The standard InChI is InChI=1S/C12H16F3NO2/c1-3-9(17-2)11(16)8-6-4-5-7-10(8)18-12(13,14)15/h4-7,9,11H,3,16H2,1-2H3. The fourth-order valence-corrected chi connectivity index (χ4v) is 1.74. The average molecular weight is 263 g/mol. The summed E-state index contributed by atoms with van der Waals surface area (Å²) < 4.78 is 45.9. The average Bonchev–Trinajstić information content (AvgIpc) is 2.29. The zero-order valence-electron chi connectivity index (χ0n) is 10.2. The number of halogens is 3. The molecular formula is C12H16F3NO2. The first kappa shape index (κ1) is 14.8. The summed E-state index contributed by atoms with van der Waals surface area (Å²) in [6, 6.07) is 5.16. The van der Waals surface area contributed by atoms with E-state index < -0.39 is 12.4 Å². The van der Waals surface area contributed by atoms with Crippen molar-refractivity contribution in [3.8, 4) is 5.75 Å². The van der Waals surface area contributed by atoms with Gasteiger partial charge in [0.15, 0.2) is 0 Å². The molecule has 1 aromatic carbocycles. The Morgan fingerprint density at radius 3 is 2.39 bits per heavy atom.